The zero-order chi connectivity index (χ0) is 21.8. The number of urea groups is 1. The van der Waals surface area contributed by atoms with Gasteiger partial charge in [0.25, 0.3) is 0 Å². The van der Waals surface area contributed by atoms with Gasteiger partial charge in [0.05, 0.1) is 9.90 Å². The third-order valence-electron chi connectivity index (χ3n) is 4.96. The van der Waals surface area contributed by atoms with Gasteiger partial charge in [0, 0.05) is 31.3 Å². The van der Waals surface area contributed by atoms with Gasteiger partial charge in [-0.25, -0.2) is 14.6 Å². The van der Waals surface area contributed by atoms with E-state index in [1.165, 1.54) is 11.8 Å². The molecule has 3 N–H and O–H groups in total. The number of nitrogens with one attached hydrogen (secondary N) is 2. The van der Waals surface area contributed by atoms with Gasteiger partial charge in [-0.3, -0.25) is 10.1 Å². The van der Waals surface area contributed by atoms with Gasteiger partial charge in [-0.2, -0.15) is 0 Å². The van der Waals surface area contributed by atoms with E-state index in [-0.39, 0.29) is 22.5 Å². The highest BCUT2D eigenvalue weighted by atomic mass is 32.2. The number of thioether (sulfide) groups is 1. The van der Waals surface area contributed by atoms with Crippen LogP contribution in [0.3, 0.4) is 0 Å². The maximum Gasteiger partial charge on any atom is 0.356 e. The Kier molecular flexibility index (Phi) is 6.99. The number of carboxylic acids is 1. The van der Waals surface area contributed by atoms with Gasteiger partial charge >= 0.3 is 12.0 Å². The quantitative estimate of drug-likeness (QED) is 0.418. The van der Waals surface area contributed by atoms with Crippen LogP contribution in [-0.4, -0.2) is 48.2 Å². The Bertz CT molecular complexity index is 968. The molecular formula is C20H24N4O4S2. The van der Waals surface area contributed by atoms with Crippen molar-refractivity contribution in [1.82, 2.24) is 4.98 Å². The van der Waals surface area contributed by atoms with Crippen molar-refractivity contribution in [3.05, 3.63) is 29.5 Å². The summed E-state index contributed by atoms with van der Waals surface area (Å²) >= 11 is 2.34. The summed E-state index contributed by atoms with van der Waals surface area (Å²) in [6, 6.07) is 4.77. The predicted octanol–water partition coefficient (Wildman–Crippen LogP) is 4.65. The van der Waals surface area contributed by atoms with Crippen LogP contribution in [0.2, 0.25) is 0 Å². The second-order valence-corrected chi connectivity index (χ2v) is 9.29. The minimum atomic E-state index is -1.15. The first-order chi connectivity index (χ1) is 14.3. The lowest BCUT2D eigenvalue weighted by Gasteiger charge is -2.18. The number of aromatic nitrogens is 1. The van der Waals surface area contributed by atoms with E-state index in [1.807, 2.05) is 25.1 Å². The fourth-order valence-corrected chi connectivity index (χ4v) is 5.00. The summed E-state index contributed by atoms with van der Waals surface area (Å²) in [5, 5.41) is 14.7. The monoisotopic (exact) mass is 448 g/mol. The van der Waals surface area contributed by atoms with Crippen molar-refractivity contribution in [3.8, 4) is 0 Å². The molecule has 0 radical (unpaired) electrons. The van der Waals surface area contributed by atoms with Crippen LogP contribution in [0.1, 0.15) is 46.5 Å². The number of thiazole rings is 1. The Morgan fingerprint density at radius 2 is 1.90 bits per heavy atom. The van der Waals surface area contributed by atoms with E-state index in [0.717, 1.165) is 42.7 Å². The molecule has 0 atom stereocenters. The van der Waals surface area contributed by atoms with Crippen molar-refractivity contribution in [2.45, 2.75) is 29.9 Å². The van der Waals surface area contributed by atoms with Crippen LogP contribution in [0.5, 0.6) is 0 Å². The van der Waals surface area contributed by atoms with Crippen LogP contribution < -0.4 is 15.5 Å². The van der Waals surface area contributed by atoms with E-state index in [1.54, 1.807) is 18.4 Å². The molecular weight excluding hydrogens is 424 g/mol. The SMILES string of the molecule is CSc1sc(NC(=O)Nc2ccc(N(C)C)cc2C(=O)C2CCCC2)nc1C(=O)O. The van der Waals surface area contributed by atoms with Crippen molar-refractivity contribution in [1.29, 1.82) is 0 Å². The molecule has 2 aromatic rings. The van der Waals surface area contributed by atoms with Gasteiger partial charge in [0.2, 0.25) is 0 Å². The Morgan fingerprint density at radius 3 is 2.47 bits per heavy atom. The summed E-state index contributed by atoms with van der Waals surface area (Å²) in [5.41, 5.74) is 1.70. The van der Waals surface area contributed by atoms with Crippen molar-refractivity contribution < 1.29 is 19.5 Å². The lowest BCUT2D eigenvalue weighted by Crippen LogP contribution is -2.22. The maximum absolute atomic E-state index is 13.1. The molecule has 0 saturated heterocycles. The first-order valence-corrected chi connectivity index (χ1v) is 11.6. The maximum atomic E-state index is 13.1. The molecule has 1 saturated carbocycles. The highest BCUT2D eigenvalue weighted by Crippen LogP contribution is 2.33. The van der Waals surface area contributed by atoms with E-state index < -0.39 is 12.0 Å². The number of amides is 2. The zero-order valence-corrected chi connectivity index (χ0v) is 18.7. The largest absolute Gasteiger partial charge is 0.476 e. The molecule has 1 aromatic carbocycles. The normalized spacial score (nSPS) is 13.8. The number of anilines is 3. The van der Waals surface area contributed by atoms with Gasteiger partial charge in [0.15, 0.2) is 16.6 Å². The van der Waals surface area contributed by atoms with Crippen LogP contribution in [0.25, 0.3) is 0 Å². The van der Waals surface area contributed by atoms with Crippen molar-refractivity contribution >= 4 is 57.4 Å². The minimum Gasteiger partial charge on any atom is -0.476 e. The number of carbonyl (C=O) groups excluding carboxylic acids is 2. The van der Waals surface area contributed by atoms with Crippen molar-refractivity contribution in [2.75, 3.05) is 35.9 Å². The number of benzene rings is 1. The number of ketones is 1. The Morgan fingerprint density at radius 1 is 1.20 bits per heavy atom. The number of carbonyl (C=O) groups is 3. The molecule has 0 spiro atoms. The number of hydrogen-bond acceptors (Lipinski definition) is 7. The predicted molar refractivity (Wildman–Crippen MR) is 121 cm³/mol. The molecule has 3 rings (SSSR count). The van der Waals surface area contributed by atoms with E-state index in [0.29, 0.717) is 15.5 Å². The second kappa shape index (κ2) is 9.48. The lowest BCUT2D eigenvalue weighted by molar-refractivity contribution is 0.0687. The number of nitrogens with zero attached hydrogens (tertiary/aromatic N) is 2. The number of aromatic carboxylic acids is 1. The Labute approximate surface area is 183 Å². The minimum absolute atomic E-state index is 0.0211. The molecule has 1 aliphatic carbocycles. The summed E-state index contributed by atoms with van der Waals surface area (Å²) in [6.45, 7) is 0. The molecule has 8 nitrogen and oxygen atoms in total. The van der Waals surface area contributed by atoms with Gasteiger partial charge in [0.1, 0.15) is 0 Å². The molecule has 1 fully saturated rings. The number of Topliss-reactive ketones (excluding diaryl/α,β-unsaturated/α-hetero) is 1. The summed E-state index contributed by atoms with van der Waals surface area (Å²) in [5.74, 6) is -1.13. The smallest absolute Gasteiger partial charge is 0.356 e. The molecule has 10 heteroatoms. The first-order valence-electron chi connectivity index (χ1n) is 9.52. The Balaban J connectivity index is 1.82. The van der Waals surface area contributed by atoms with Gasteiger partial charge in [-0.1, -0.05) is 24.2 Å². The third kappa shape index (κ3) is 4.93. The van der Waals surface area contributed by atoms with Crippen LogP contribution in [0, 0.1) is 5.92 Å². The lowest BCUT2D eigenvalue weighted by atomic mass is 9.94. The molecule has 1 aromatic heterocycles. The molecule has 1 heterocycles. The fraction of sp³-hybridized carbons (Fsp3) is 0.400. The third-order valence-corrected chi connectivity index (χ3v) is 7.04. The van der Waals surface area contributed by atoms with Crippen LogP contribution in [0.15, 0.2) is 22.4 Å². The molecule has 160 valence electrons. The van der Waals surface area contributed by atoms with Gasteiger partial charge in [-0.15, -0.1) is 11.8 Å². The molecule has 0 bridgehead atoms. The standard InChI is InChI=1S/C20H24N4O4S2/c1-24(2)12-8-9-14(13(10-12)16(25)11-6-4-5-7-11)21-19(28)23-20-22-15(17(26)27)18(29-3)30-20/h8-11H,4-7H2,1-3H3,(H,26,27)(H2,21,22,23,28). The van der Waals surface area contributed by atoms with Gasteiger partial charge < -0.3 is 15.3 Å². The van der Waals surface area contributed by atoms with Gasteiger partial charge in [-0.05, 0) is 37.3 Å². The Hall–Kier alpha value is -2.59. The van der Waals surface area contributed by atoms with Crippen molar-refractivity contribution in [2.24, 2.45) is 5.92 Å². The molecule has 1 aliphatic rings. The highest BCUT2D eigenvalue weighted by Gasteiger charge is 2.27. The van der Waals surface area contributed by atoms with E-state index in [2.05, 4.69) is 15.6 Å². The van der Waals surface area contributed by atoms with Crippen LogP contribution >= 0.6 is 23.1 Å². The highest BCUT2D eigenvalue weighted by molar-refractivity contribution is 8.00. The van der Waals surface area contributed by atoms with E-state index >= 15 is 0 Å². The van der Waals surface area contributed by atoms with Crippen LogP contribution in [-0.2, 0) is 0 Å². The molecule has 0 aliphatic heterocycles. The number of hydrogen-bond donors (Lipinski definition) is 3. The summed E-state index contributed by atoms with van der Waals surface area (Å²) in [6.07, 6.45) is 5.56. The topological polar surface area (TPSA) is 112 Å². The van der Waals surface area contributed by atoms with E-state index in [9.17, 15) is 19.5 Å². The van der Waals surface area contributed by atoms with Crippen LogP contribution in [0.4, 0.5) is 21.3 Å². The molecule has 30 heavy (non-hydrogen) atoms. The summed E-state index contributed by atoms with van der Waals surface area (Å²) in [4.78, 5) is 42.8. The summed E-state index contributed by atoms with van der Waals surface area (Å²) < 4.78 is 0.505. The zero-order valence-electron chi connectivity index (χ0n) is 17.0. The first kappa shape index (κ1) is 22.1. The summed E-state index contributed by atoms with van der Waals surface area (Å²) in [7, 11) is 3.79. The average molecular weight is 449 g/mol. The molecule has 0 unspecified atom stereocenters. The number of rotatable bonds is 7. The second-order valence-electron chi connectivity index (χ2n) is 7.21. The fourth-order valence-electron chi connectivity index (χ4n) is 3.41. The van der Waals surface area contributed by atoms with E-state index in [4.69, 9.17) is 0 Å². The number of carboxylic acid groups (broad SMARTS) is 1. The van der Waals surface area contributed by atoms with Crippen molar-refractivity contribution in [3.63, 3.8) is 0 Å². The molecule has 2 amide bonds. The average Bonchev–Trinajstić information content (AvgIpc) is 3.37.